The smallest absolute Gasteiger partial charge is 0.128 e. The molecule has 0 radical (unpaired) electrons. The lowest BCUT2D eigenvalue weighted by atomic mass is 10.1. The second-order valence-electron chi connectivity index (χ2n) is 2.68. The molecule has 13 heavy (non-hydrogen) atoms. The minimum Gasteiger partial charge on any atom is -0.508 e. The summed E-state index contributed by atoms with van der Waals surface area (Å²) in [5.74, 6) is 0.544. The van der Waals surface area contributed by atoms with Crippen LogP contribution in [0, 0.1) is 0 Å². The molecule has 1 atom stereocenters. The van der Waals surface area contributed by atoms with Crippen LogP contribution in [0.5, 0.6) is 11.5 Å². The Bertz CT molecular complexity index is 288. The molecule has 0 saturated carbocycles. The number of hydrogen-bond donors (Lipinski definition) is 3. The molecule has 0 fully saturated rings. The lowest BCUT2D eigenvalue weighted by molar-refractivity contribution is 0.182. The van der Waals surface area contributed by atoms with Crippen LogP contribution in [0.3, 0.4) is 0 Å². The van der Waals surface area contributed by atoms with Gasteiger partial charge < -0.3 is 20.7 Å². The Morgan fingerprint density at radius 3 is 2.77 bits per heavy atom. The number of hydrogen-bond acceptors (Lipinski definition) is 4. The van der Waals surface area contributed by atoms with Gasteiger partial charge in [0.25, 0.3) is 0 Å². The number of rotatable bonds is 3. The third kappa shape index (κ3) is 2.11. The number of aliphatic hydroxyl groups excluding tert-OH is 1. The first-order valence-electron chi connectivity index (χ1n) is 3.94. The van der Waals surface area contributed by atoms with E-state index in [4.69, 9.17) is 15.6 Å². The quantitative estimate of drug-likeness (QED) is 0.633. The summed E-state index contributed by atoms with van der Waals surface area (Å²) in [5, 5.41) is 18.6. The lowest BCUT2D eigenvalue weighted by Gasteiger charge is -2.12. The molecular weight excluding hydrogens is 170 g/mol. The summed E-state index contributed by atoms with van der Waals surface area (Å²) in [6.45, 7) is 0.126. The molecule has 4 N–H and O–H groups in total. The monoisotopic (exact) mass is 183 g/mol. The van der Waals surface area contributed by atoms with Crippen LogP contribution in [0.4, 0.5) is 0 Å². The van der Waals surface area contributed by atoms with Gasteiger partial charge in [0.1, 0.15) is 11.5 Å². The molecule has 1 unspecified atom stereocenters. The Labute approximate surface area is 76.6 Å². The Kier molecular flexibility index (Phi) is 3.11. The van der Waals surface area contributed by atoms with Crippen molar-refractivity contribution in [1.29, 1.82) is 0 Å². The third-order valence-electron chi connectivity index (χ3n) is 1.80. The molecule has 1 rings (SSSR count). The highest BCUT2D eigenvalue weighted by Gasteiger charge is 2.11. The summed E-state index contributed by atoms with van der Waals surface area (Å²) < 4.78 is 4.97. The summed E-state index contributed by atoms with van der Waals surface area (Å²) in [6.07, 6.45) is -0.754. The molecule has 4 heteroatoms. The number of aliphatic hydroxyl groups is 1. The molecule has 1 aromatic rings. The second kappa shape index (κ2) is 4.11. The average Bonchev–Trinajstić information content (AvgIpc) is 2.16. The highest BCUT2D eigenvalue weighted by atomic mass is 16.5. The molecule has 0 aliphatic heterocycles. The zero-order chi connectivity index (χ0) is 9.84. The van der Waals surface area contributed by atoms with Gasteiger partial charge in [0.2, 0.25) is 0 Å². The van der Waals surface area contributed by atoms with Gasteiger partial charge in [-0.2, -0.15) is 0 Å². The van der Waals surface area contributed by atoms with Crippen molar-refractivity contribution >= 4 is 0 Å². The van der Waals surface area contributed by atoms with E-state index in [1.54, 1.807) is 6.07 Å². The van der Waals surface area contributed by atoms with E-state index in [2.05, 4.69) is 0 Å². The Balaban J connectivity index is 3.05. The minimum atomic E-state index is -0.754. The van der Waals surface area contributed by atoms with Gasteiger partial charge in [-0.05, 0) is 12.1 Å². The van der Waals surface area contributed by atoms with Crippen LogP contribution in [0.25, 0.3) is 0 Å². The number of ether oxygens (including phenoxy) is 1. The predicted molar refractivity (Wildman–Crippen MR) is 48.7 cm³/mol. The number of methoxy groups -OCH3 is 1. The Morgan fingerprint density at radius 1 is 1.54 bits per heavy atom. The van der Waals surface area contributed by atoms with Crippen LogP contribution < -0.4 is 10.5 Å². The number of benzene rings is 1. The molecule has 4 nitrogen and oxygen atoms in total. The van der Waals surface area contributed by atoms with Crippen LogP contribution in [-0.4, -0.2) is 23.9 Å². The van der Waals surface area contributed by atoms with E-state index in [0.717, 1.165) is 0 Å². The fourth-order valence-corrected chi connectivity index (χ4v) is 1.10. The molecule has 0 saturated heterocycles. The standard InChI is InChI=1S/C9H13NO3/c1-13-9-4-6(11)2-3-7(9)8(12)5-10/h2-4,8,11-12H,5,10H2,1H3. The van der Waals surface area contributed by atoms with Crippen LogP contribution in [0.1, 0.15) is 11.7 Å². The summed E-state index contributed by atoms with van der Waals surface area (Å²) in [6, 6.07) is 4.51. The van der Waals surface area contributed by atoms with E-state index in [0.29, 0.717) is 11.3 Å². The maximum absolute atomic E-state index is 9.45. The normalized spacial score (nSPS) is 12.5. The van der Waals surface area contributed by atoms with E-state index in [9.17, 15) is 5.11 Å². The van der Waals surface area contributed by atoms with Crippen molar-refractivity contribution in [3.63, 3.8) is 0 Å². The average molecular weight is 183 g/mol. The zero-order valence-corrected chi connectivity index (χ0v) is 7.40. The number of nitrogens with two attached hydrogens (primary N) is 1. The Morgan fingerprint density at radius 2 is 2.23 bits per heavy atom. The molecule has 0 aliphatic rings. The number of phenols is 1. The molecule has 72 valence electrons. The first kappa shape index (κ1) is 9.83. The second-order valence-corrected chi connectivity index (χ2v) is 2.68. The Hall–Kier alpha value is -1.26. The van der Waals surface area contributed by atoms with Crippen LogP contribution in [0.2, 0.25) is 0 Å². The fourth-order valence-electron chi connectivity index (χ4n) is 1.10. The molecule has 0 heterocycles. The van der Waals surface area contributed by atoms with Crippen LogP contribution in [-0.2, 0) is 0 Å². The summed E-state index contributed by atoms with van der Waals surface area (Å²) in [7, 11) is 1.47. The van der Waals surface area contributed by atoms with Crippen LogP contribution in [0.15, 0.2) is 18.2 Å². The minimum absolute atomic E-state index is 0.102. The van der Waals surface area contributed by atoms with Crippen molar-refractivity contribution in [2.45, 2.75) is 6.10 Å². The fraction of sp³-hybridized carbons (Fsp3) is 0.333. The van der Waals surface area contributed by atoms with Gasteiger partial charge in [-0.3, -0.25) is 0 Å². The van der Waals surface area contributed by atoms with Gasteiger partial charge in [-0.25, -0.2) is 0 Å². The van der Waals surface area contributed by atoms with Crippen LogP contribution >= 0.6 is 0 Å². The molecule has 0 spiro atoms. The molecule has 0 aliphatic carbocycles. The topological polar surface area (TPSA) is 75.7 Å². The van der Waals surface area contributed by atoms with Crippen molar-refractivity contribution in [3.8, 4) is 11.5 Å². The molecular formula is C9H13NO3. The van der Waals surface area contributed by atoms with E-state index in [1.165, 1.54) is 19.2 Å². The number of aromatic hydroxyl groups is 1. The van der Waals surface area contributed by atoms with E-state index >= 15 is 0 Å². The van der Waals surface area contributed by atoms with E-state index < -0.39 is 6.10 Å². The van der Waals surface area contributed by atoms with Crippen molar-refractivity contribution in [2.75, 3.05) is 13.7 Å². The van der Waals surface area contributed by atoms with Gasteiger partial charge in [-0.15, -0.1) is 0 Å². The SMILES string of the molecule is COc1cc(O)ccc1C(O)CN. The molecule has 0 bridgehead atoms. The largest absolute Gasteiger partial charge is 0.508 e. The van der Waals surface area contributed by atoms with Gasteiger partial charge in [0.15, 0.2) is 0 Å². The van der Waals surface area contributed by atoms with E-state index in [1.807, 2.05) is 0 Å². The highest BCUT2D eigenvalue weighted by molar-refractivity contribution is 5.41. The summed E-state index contributed by atoms with van der Waals surface area (Å²) in [4.78, 5) is 0. The van der Waals surface area contributed by atoms with Gasteiger partial charge >= 0.3 is 0 Å². The summed E-state index contributed by atoms with van der Waals surface area (Å²) >= 11 is 0. The number of phenolic OH excluding ortho intramolecular Hbond substituents is 1. The summed E-state index contributed by atoms with van der Waals surface area (Å²) in [5.41, 5.74) is 5.88. The van der Waals surface area contributed by atoms with Crippen molar-refractivity contribution in [3.05, 3.63) is 23.8 Å². The van der Waals surface area contributed by atoms with Gasteiger partial charge in [-0.1, -0.05) is 0 Å². The predicted octanol–water partition coefficient (Wildman–Crippen LogP) is 0.393. The van der Waals surface area contributed by atoms with E-state index in [-0.39, 0.29) is 12.3 Å². The first-order chi connectivity index (χ1) is 6.19. The zero-order valence-electron chi connectivity index (χ0n) is 7.40. The maximum Gasteiger partial charge on any atom is 0.128 e. The molecule has 0 aromatic heterocycles. The molecule has 1 aromatic carbocycles. The van der Waals surface area contributed by atoms with Crippen molar-refractivity contribution < 1.29 is 14.9 Å². The molecule has 0 amide bonds. The van der Waals surface area contributed by atoms with Crippen molar-refractivity contribution in [2.24, 2.45) is 5.73 Å². The van der Waals surface area contributed by atoms with Gasteiger partial charge in [0, 0.05) is 18.2 Å². The first-order valence-corrected chi connectivity index (χ1v) is 3.94. The maximum atomic E-state index is 9.45. The van der Waals surface area contributed by atoms with Gasteiger partial charge in [0.05, 0.1) is 13.2 Å². The highest BCUT2D eigenvalue weighted by Crippen LogP contribution is 2.28. The lowest BCUT2D eigenvalue weighted by Crippen LogP contribution is -2.12. The third-order valence-corrected chi connectivity index (χ3v) is 1.80. The van der Waals surface area contributed by atoms with Crippen molar-refractivity contribution in [1.82, 2.24) is 0 Å².